The van der Waals surface area contributed by atoms with Gasteiger partial charge < -0.3 is 4.74 Å². The second kappa shape index (κ2) is 13.4. The molecule has 0 atom stereocenters. The summed E-state index contributed by atoms with van der Waals surface area (Å²) in [5.41, 5.74) is 0. The molecule has 0 spiro atoms. The minimum absolute atomic E-state index is 0.600. The molecule has 0 radical (unpaired) electrons. The Morgan fingerprint density at radius 2 is 1.21 bits per heavy atom. The molecule has 1 rings (SSSR count). The van der Waals surface area contributed by atoms with Crippen molar-refractivity contribution in [1.29, 1.82) is 0 Å². The lowest BCUT2D eigenvalue weighted by atomic mass is 9.98. The van der Waals surface area contributed by atoms with Crippen LogP contribution in [0.5, 0.6) is 0 Å². The minimum atomic E-state index is 0.600. The third-order valence-electron chi connectivity index (χ3n) is 4.18. The summed E-state index contributed by atoms with van der Waals surface area (Å²) in [6, 6.07) is 0. The van der Waals surface area contributed by atoms with Crippen molar-refractivity contribution in [1.82, 2.24) is 0 Å². The van der Waals surface area contributed by atoms with Crippen molar-refractivity contribution < 1.29 is 4.74 Å². The van der Waals surface area contributed by atoms with Crippen LogP contribution in [-0.4, -0.2) is 18.0 Å². The summed E-state index contributed by atoms with van der Waals surface area (Å²) in [4.78, 5) is 0. The summed E-state index contributed by atoms with van der Waals surface area (Å²) >= 11 is 3.48. The van der Waals surface area contributed by atoms with E-state index < -0.39 is 0 Å². The van der Waals surface area contributed by atoms with Crippen LogP contribution >= 0.6 is 15.9 Å². The van der Waals surface area contributed by atoms with Crippen LogP contribution in [0.2, 0.25) is 0 Å². The Morgan fingerprint density at radius 1 is 0.684 bits per heavy atom. The van der Waals surface area contributed by atoms with Gasteiger partial charge in [0.05, 0.1) is 6.10 Å². The van der Waals surface area contributed by atoms with Gasteiger partial charge in [-0.25, -0.2) is 0 Å². The van der Waals surface area contributed by atoms with Gasteiger partial charge in [0.15, 0.2) is 0 Å². The minimum Gasteiger partial charge on any atom is -0.378 e. The van der Waals surface area contributed by atoms with Crippen LogP contribution in [0.1, 0.15) is 89.9 Å². The first-order chi connectivity index (χ1) is 9.43. The molecule has 0 aliphatic heterocycles. The van der Waals surface area contributed by atoms with Crippen molar-refractivity contribution in [2.45, 2.75) is 96.0 Å². The van der Waals surface area contributed by atoms with Crippen LogP contribution in [0.3, 0.4) is 0 Å². The summed E-state index contributed by atoms with van der Waals surface area (Å²) in [7, 11) is 0. The molecule has 2 heteroatoms. The van der Waals surface area contributed by atoms with E-state index in [0.29, 0.717) is 6.10 Å². The number of ether oxygens (including phenoxy) is 1. The van der Waals surface area contributed by atoms with Crippen molar-refractivity contribution in [3.63, 3.8) is 0 Å². The zero-order chi connectivity index (χ0) is 13.6. The Kier molecular flexibility index (Phi) is 12.4. The fourth-order valence-electron chi connectivity index (χ4n) is 2.92. The number of alkyl halides is 1. The van der Waals surface area contributed by atoms with Crippen molar-refractivity contribution in [2.75, 3.05) is 11.9 Å². The molecule has 0 unspecified atom stereocenters. The summed E-state index contributed by atoms with van der Waals surface area (Å²) in [6.45, 7) is 1.01. The molecule has 1 fully saturated rings. The maximum atomic E-state index is 5.95. The predicted octanol–water partition coefficient (Wildman–Crippen LogP) is 6.24. The average Bonchev–Trinajstić information content (AvgIpc) is 2.46. The lowest BCUT2D eigenvalue weighted by Crippen LogP contribution is -2.17. The third-order valence-corrected chi connectivity index (χ3v) is 4.74. The van der Waals surface area contributed by atoms with Crippen LogP contribution < -0.4 is 0 Å². The Bertz CT molecular complexity index is 178. The molecule has 1 aliphatic rings. The molecule has 1 nitrogen and oxygen atoms in total. The van der Waals surface area contributed by atoms with Gasteiger partial charge in [-0.05, 0) is 25.7 Å². The maximum absolute atomic E-state index is 5.95. The van der Waals surface area contributed by atoms with Crippen LogP contribution in [0, 0.1) is 0 Å². The normalized spacial score (nSPS) is 16.9. The van der Waals surface area contributed by atoms with Crippen LogP contribution in [0.4, 0.5) is 0 Å². The average molecular weight is 333 g/mol. The first-order valence-corrected chi connectivity index (χ1v) is 9.73. The zero-order valence-electron chi connectivity index (χ0n) is 12.7. The van der Waals surface area contributed by atoms with Crippen molar-refractivity contribution in [3.8, 4) is 0 Å². The molecular weight excluding hydrogens is 300 g/mol. The highest BCUT2D eigenvalue weighted by Crippen LogP contribution is 2.20. The van der Waals surface area contributed by atoms with E-state index in [2.05, 4.69) is 15.9 Å². The fourth-order valence-corrected chi connectivity index (χ4v) is 3.31. The first kappa shape index (κ1) is 17.5. The SMILES string of the molecule is BrCCCCCCCCCCCOC1CCCCC1. The van der Waals surface area contributed by atoms with E-state index in [9.17, 15) is 0 Å². The molecule has 0 saturated heterocycles. The molecule has 1 saturated carbocycles. The fraction of sp³-hybridized carbons (Fsp3) is 1.00. The quantitative estimate of drug-likeness (QED) is 0.303. The highest BCUT2D eigenvalue weighted by molar-refractivity contribution is 9.09. The highest BCUT2D eigenvalue weighted by atomic mass is 79.9. The van der Waals surface area contributed by atoms with Gasteiger partial charge in [-0.2, -0.15) is 0 Å². The van der Waals surface area contributed by atoms with E-state index in [0.717, 1.165) is 6.61 Å². The van der Waals surface area contributed by atoms with Gasteiger partial charge in [-0.3, -0.25) is 0 Å². The topological polar surface area (TPSA) is 9.23 Å². The smallest absolute Gasteiger partial charge is 0.0575 e. The van der Waals surface area contributed by atoms with E-state index in [1.165, 1.54) is 95.2 Å². The molecule has 19 heavy (non-hydrogen) atoms. The monoisotopic (exact) mass is 332 g/mol. The first-order valence-electron chi connectivity index (χ1n) is 8.61. The van der Waals surface area contributed by atoms with Gasteiger partial charge >= 0.3 is 0 Å². The molecule has 0 amide bonds. The number of rotatable bonds is 12. The van der Waals surface area contributed by atoms with Crippen LogP contribution in [-0.2, 0) is 4.74 Å². The second-order valence-electron chi connectivity index (χ2n) is 6.00. The molecular formula is C17H33BrO. The van der Waals surface area contributed by atoms with Gasteiger partial charge in [-0.15, -0.1) is 0 Å². The number of hydrogen-bond donors (Lipinski definition) is 0. The van der Waals surface area contributed by atoms with Crippen molar-refractivity contribution in [2.24, 2.45) is 0 Å². The molecule has 0 bridgehead atoms. The second-order valence-corrected chi connectivity index (χ2v) is 6.79. The predicted molar refractivity (Wildman–Crippen MR) is 88.2 cm³/mol. The number of halogens is 1. The van der Waals surface area contributed by atoms with Crippen molar-refractivity contribution >= 4 is 15.9 Å². The maximum Gasteiger partial charge on any atom is 0.0575 e. The van der Waals surface area contributed by atoms with Gasteiger partial charge in [0.2, 0.25) is 0 Å². The lowest BCUT2D eigenvalue weighted by molar-refractivity contribution is 0.0263. The summed E-state index contributed by atoms with van der Waals surface area (Å²) in [6.07, 6.45) is 20.0. The van der Waals surface area contributed by atoms with E-state index >= 15 is 0 Å². The van der Waals surface area contributed by atoms with E-state index in [-0.39, 0.29) is 0 Å². The third kappa shape index (κ3) is 10.8. The van der Waals surface area contributed by atoms with Crippen molar-refractivity contribution in [3.05, 3.63) is 0 Å². The van der Waals surface area contributed by atoms with Gasteiger partial charge in [0, 0.05) is 11.9 Å². The van der Waals surface area contributed by atoms with Crippen LogP contribution in [0.15, 0.2) is 0 Å². The van der Waals surface area contributed by atoms with Gasteiger partial charge in [0.1, 0.15) is 0 Å². The van der Waals surface area contributed by atoms with E-state index in [1.54, 1.807) is 0 Å². The zero-order valence-corrected chi connectivity index (χ0v) is 14.3. The standard InChI is InChI=1S/C17H33BrO/c18-15-11-6-4-2-1-3-5-7-12-16-19-17-13-9-8-10-14-17/h17H,1-16H2. The number of unbranched alkanes of at least 4 members (excludes halogenated alkanes) is 8. The van der Waals surface area contributed by atoms with Gasteiger partial charge in [-0.1, -0.05) is 80.1 Å². The summed E-state index contributed by atoms with van der Waals surface area (Å²) in [5.74, 6) is 0. The van der Waals surface area contributed by atoms with E-state index in [4.69, 9.17) is 4.74 Å². The Labute approximate surface area is 129 Å². The lowest BCUT2D eigenvalue weighted by Gasteiger charge is -2.21. The molecule has 0 aromatic carbocycles. The molecule has 0 N–H and O–H groups in total. The van der Waals surface area contributed by atoms with Crippen LogP contribution in [0.25, 0.3) is 0 Å². The Morgan fingerprint density at radius 3 is 1.79 bits per heavy atom. The van der Waals surface area contributed by atoms with E-state index in [1.807, 2.05) is 0 Å². The number of hydrogen-bond acceptors (Lipinski definition) is 1. The largest absolute Gasteiger partial charge is 0.378 e. The summed E-state index contributed by atoms with van der Waals surface area (Å²) in [5, 5.41) is 1.17. The van der Waals surface area contributed by atoms with Gasteiger partial charge in [0.25, 0.3) is 0 Å². The summed E-state index contributed by atoms with van der Waals surface area (Å²) < 4.78 is 5.95. The molecule has 1 aliphatic carbocycles. The Balaban J connectivity index is 1.71. The Hall–Kier alpha value is 0.440. The molecule has 0 aromatic rings. The highest BCUT2D eigenvalue weighted by Gasteiger charge is 2.12. The molecule has 0 heterocycles. The molecule has 114 valence electrons. The molecule has 0 aromatic heterocycles.